The summed E-state index contributed by atoms with van der Waals surface area (Å²) in [5.74, 6) is 0.225. The van der Waals surface area contributed by atoms with Gasteiger partial charge < -0.3 is 14.3 Å². The Morgan fingerprint density at radius 3 is 2.58 bits per heavy atom. The number of halogens is 1. The van der Waals surface area contributed by atoms with Gasteiger partial charge in [-0.15, -0.1) is 11.3 Å². The summed E-state index contributed by atoms with van der Waals surface area (Å²) in [6, 6.07) is 13.7. The van der Waals surface area contributed by atoms with Gasteiger partial charge in [0.05, 0.1) is 18.5 Å². The lowest BCUT2D eigenvalue weighted by atomic mass is 10.1. The Bertz CT molecular complexity index is 1000. The third kappa shape index (κ3) is 3.19. The Kier molecular flexibility index (Phi) is 4.41. The Labute approximate surface area is 153 Å². The van der Waals surface area contributed by atoms with Gasteiger partial charge in [-0.3, -0.25) is 4.79 Å². The molecule has 0 spiro atoms. The molecule has 0 aliphatic heterocycles. The van der Waals surface area contributed by atoms with Crippen molar-refractivity contribution in [3.63, 3.8) is 0 Å². The van der Waals surface area contributed by atoms with E-state index in [9.17, 15) is 9.18 Å². The van der Waals surface area contributed by atoms with Crippen LogP contribution in [0.15, 0.2) is 77.0 Å². The van der Waals surface area contributed by atoms with Gasteiger partial charge in [0, 0.05) is 23.3 Å². The number of thiophene rings is 1. The summed E-state index contributed by atoms with van der Waals surface area (Å²) in [5, 5.41) is 4.80. The number of furan rings is 1. The van der Waals surface area contributed by atoms with Crippen LogP contribution in [-0.2, 0) is 6.54 Å². The van der Waals surface area contributed by atoms with Crippen LogP contribution < -0.4 is 5.32 Å². The maximum atomic E-state index is 13.3. The zero-order chi connectivity index (χ0) is 17.9. The first-order valence-corrected chi connectivity index (χ1v) is 8.91. The van der Waals surface area contributed by atoms with Crippen LogP contribution >= 0.6 is 11.3 Å². The van der Waals surface area contributed by atoms with Gasteiger partial charge >= 0.3 is 0 Å². The number of amides is 1. The Morgan fingerprint density at radius 1 is 1.12 bits per heavy atom. The molecule has 0 saturated carbocycles. The van der Waals surface area contributed by atoms with E-state index in [-0.39, 0.29) is 11.7 Å². The van der Waals surface area contributed by atoms with Crippen LogP contribution in [0, 0.1) is 5.82 Å². The fraction of sp³-hybridized carbons (Fsp3) is 0.0500. The largest absolute Gasteiger partial charge is 0.467 e. The summed E-state index contributed by atoms with van der Waals surface area (Å²) in [7, 11) is 0. The van der Waals surface area contributed by atoms with Gasteiger partial charge in [-0.25, -0.2) is 4.39 Å². The highest BCUT2D eigenvalue weighted by atomic mass is 32.1. The van der Waals surface area contributed by atoms with E-state index >= 15 is 0 Å². The van der Waals surface area contributed by atoms with Crippen LogP contribution in [0.4, 0.5) is 4.39 Å². The maximum Gasteiger partial charge on any atom is 0.263 e. The third-order valence-electron chi connectivity index (χ3n) is 3.99. The molecule has 3 aromatic heterocycles. The first-order chi connectivity index (χ1) is 12.7. The monoisotopic (exact) mass is 366 g/mol. The van der Waals surface area contributed by atoms with Crippen LogP contribution in [-0.4, -0.2) is 10.5 Å². The predicted molar refractivity (Wildman–Crippen MR) is 98.9 cm³/mol. The second-order valence-corrected chi connectivity index (χ2v) is 6.57. The van der Waals surface area contributed by atoms with E-state index in [1.54, 1.807) is 24.5 Å². The standard InChI is InChI=1S/C20H15FN2O2S/c21-15-7-5-14(6-8-15)17-13-26-19(18(17)23-9-1-2-10-23)20(24)22-12-16-4-3-11-25-16/h1-11,13H,12H2,(H,22,24). The van der Waals surface area contributed by atoms with E-state index in [0.29, 0.717) is 17.2 Å². The normalized spacial score (nSPS) is 10.8. The minimum Gasteiger partial charge on any atom is -0.467 e. The highest BCUT2D eigenvalue weighted by Gasteiger charge is 2.20. The van der Waals surface area contributed by atoms with Crippen molar-refractivity contribution in [2.24, 2.45) is 0 Å². The third-order valence-corrected chi connectivity index (χ3v) is 4.96. The van der Waals surface area contributed by atoms with Crippen LogP contribution in [0.25, 0.3) is 16.8 Å². The minimum absolute atomic E-state index is 0.177. The average Bonchev–Trinajstić information content (AvgIpc) is 3.40. The summed E-state index contributed by atoms with van der Waals surface area (Å²) >= 11 is 1.36. The van der Waals surface area contributed by atoms with E-state index in [1.807, 2.05) is 40.5 Å². The van der Waals surface area contributed by atoms with Crippen LogP contribution in [0.5, 0.6) is 0 Å². The summed E-state index contributed by atoms with van der Waals surface area (Å²) in [6.07, 6.45) is 5.35. The summed E-state index contributed by atoms with van der Waals surface area (Å²) in [6.45, 7) is 0.320. The first-order valence-electron chi connectivity index (χ1n) is 8.04. The number of hydrogen-bond acceptors (Lipinski definition) is 3. The number of hydrogen-bond donors (Lipinski definition) is 1. The fourth-order valence-corrected chi connectivity index (χ4v) is 3.74. The fourth-order valence-electron chi connectivity index (χ4n) is 2.75. The van der Waals surface area contributed by atoms with Gasteiger partial charge in [-0.05, 0) is 42.0 Å². The molecule has 0 fully saturated rings. The maximum absolute atomic E-state index is 13.3. The molecule has 4 rings (SSSR count). The van der Waals surface area contributed by atoms with Crippen LogP contribution in [0.2, 0.25) is 0 Å². The summed E-state index contributed by atoms with van der Waals surface area (Å²) in [4.78, 5) is 13.3. The molecule has 0 aliphatic carbocycles. The van der Waals surface area contributed by atoms with Gasteiger partial charge in [0.2, 0.25) is 0 Å². The number of rotatable bonds is 5. The van der Waals surface area contributed by atoms with E-state index < -0.39 is 0 Å². The smallest absolute Gasteiger partial charge is 0.263 e. The van der Waals surface area contributed by atoms with Crippen molar-refractivity contribution in [2.45, 2.75) is 6.54 Å². The van der Waals surface area contributed by atoms with Crippen molar-refractivity contribution in [3.05, 3.63) is 89.0 Å². The SMILES string of the molecule is O=C(NCc1ccco1)c1scc(-c2ccc(F)cc2)c1-n1cccc1. The first kappa shape index (κ1) is 16.4. The second kappa shape index (κ2) is 7.01. The molecule has 0 unspecified atom stereocenters. The number of nitrogens with zero attached hydrogens (tertiary/aromatic N) is 1. The molecule has 0 aliphatic rings. The van der Waals surface area contributed by atoms with Gasteiger partial charge in [-0.1, -0.05) is 12.1 Å². The molecule has 0 atom stereocenters. The predicted octanol–water partition coefficient (Wildman–Crippen LogP) is 4.87. The highest BCUT2D eigenvalue weighted by molar-refractivity contribution is 7.13. The van der Waals surface area contributed by atoms with Gasteiger partial charge in [0.15, 0.2) is 0 Å². The number of carbonyl (C=O) groups excluding carboxylic acids is 1. The molecule has 4 nitrogen and oxygen atoms in total. The molecule has 6 heteroatoms. The number of carbonyl (C=O) groups is 1. The molecule has 1 aromatic carbocycles. The molecular weight excluding hydrogens is 351 g/mol. The molecular formula is C20H15FN2O2S. The molecule has 0 saturated heterocycles. The molecule has 4 aromatic rings. The number of nitrogens with one attached hydrogen (secondary N) is 1. The van der Waals surface area contributed by atoms with Crippen molar-refractivity contribution >= 4 is 17.2 Å². The van der Waals surface area contributed by atoms with E-state index in [0.717, 1.165) is 16.8 Å². The van der Waals surface area contributed by atoms with Crippen molar-refractivity contribution in [3.8, 4) is 16.8 Å². The number of benzene rings is 1. The van der Waals surface area contributed by atoms with E-state index in [4.69, 9.17) is 4.42 Å². The van der Waals surface area contributed by atoms with Crippen molar-refractivity contribution in [1.82, 2.24) is 9.88 Å². The lowest BCUT2D eigenvalue weighted by Crippen LogP contribution is -2.22. The molecule has 26 heavy (non-hydrogen) atoms. The Balaban J connectivity index is 1.70. The quantitative estimate of drug-likeness (QED) is 0.548. The minimum atomic E-state index is -0.289. The van der Waals surface area contributed by atoms with E-state index in [2.05, 4.69) is 5.32 Å². The Hall–Kier alpha value is -3.12. The lowest BCUT2D eigenvalue weighted by Gasteiger charge is -2.10. The molecule has 0 bridgehead atoms. The van der Waals surface area contributed by atoms with Gasteiger partial charge in [-0.2, -0.15) is 0 Å². The molecule has 130 valence electrons. The molecule has 1 N–H and O–H groups in total. The van der Waals surface area contributed by atoms with Gasteiger partial charge in [0.1, 0.15) is 16.5 Å². The van der Waals surface area contributed by atoms with Gasteiger partial charge in [0.25, 0.3) is 5.91 Å². The molecule has 3 heterocycles. The molecule has 1 amide bonds. The van der Waals surface area contributed by atoms with Crippen molar-refractivity contribution in [2.75, 3.05) is 0 Å². The number of aromatic nitrogens is 1. The molecule has 0 radical (unpaired) electrons. The average molecular weight is 366 g/mol. The lowest BCUT2D eigenvalue weighted by molar-refractivity contribution is 0.0952. The van der Waals surface area contributed by atoms with Crippen LogP contribution in [0.3, 0.4) is 0 Å². The van der Waals surface area contributed by atoms with E-state index in [1.165, 1.54) is 23.5 Å². The van der Waals surface area contributed by atoms with Crippen molar-refractivity contribution in [1.29, 1.82) is 0 Å². The van der Waals surface area contributed by atoms with Crippen LogP contribution in [0.1, 0.15) is 15.4 Å². The zero-order valence-electron chi connectivity index (χ0n) is 13.7. The summed E-state index contributed by atoms with van der Waals surface area (Å²) < 4.78 is 20.4. The highest BCUT2D eigenvalue weighted by Crippen LogP contribution is 2.35. The second-order valence-electron chi connectivity index (χ2n) is 5.69. The topological polar surface area (TPSA) is 47.2 Å². The Morgan fingerprint density at radius 2 is 1.88 bits per heavy atom. The zero-order valence-corrected chi connectivity index (χ0v) is 14.5. The summed E-state index contributed by atoms with van der Waals surface area (Å²) in [5.41, 5.74) is 2.52. The van der Waals surface area contributed by atoms with Crippen molar-refractivity contribution < 1.29 is 13.6 Å².